The number of carbonyl (C=O) groups is 1. The van der Waals surface area contributed by atoms with Gasteiger partial charge in [-0.15, -0.1) is 5.10 Å². The van der Waals surface area contributed by atoms with E-state index in [0.29, 0.717) is 34.7 Å². The van der Waals surface area contributed by atoms with Crippen LogP contribution in [0.25, 0.3) is 28.4 Å². The molecule has 0 aliphatic carbocycles. The molecule has 0 saturated carbocycles. The second-order valence-corrected chi connectivity index (χ2v) is 8.39. The molecule has 0 bridgehead atoms. The largest absolute Gasteiger partial charge is 0.481 e. The van der Waals surface area contributed by atoms with Gasteiger partial charge in [0.05, 0.1) is 11.9 Å². The average molecular weight is 470 g/mol. The Morgan fingerprint density at radius 2 is 1.97 bits per heavy atom. The van der Waals surface area contributed by atoms with E-state index in [1.807, 2.05) is 50.2 Å². The Hall–Kier alpha value is -4.74. The van der Waals surface area contributed by atoms with Gasteiger partial charge in [-0.2, -0.15) is 5.10 Å². The van der Waals surface area contributed by atoms with Crippen molar-refractivity contribution in [3.63, 3.8) is 0 Å². The van der Waals surface area contributed by atoms with Gasteiger partial charge in [-0.3, -0.25) is 9.48 Å². The molecule has 35 heavy (non-hydrogen) atoms. The van der Waals surface area contributed by atoms with Crippen LogP contribution in [0.15, 0.2) is 43.1 Å². The zero-order valence-electron chi connectivity index (χ0n) is 19.6. The van der Waals surface area contributed by atoms with Gasteiger partial charge in [-0.05, 0) is 18.6 Å². The molecule has 0 aromatic carbocycles. The maximum absolute atomic E-state index is 11.9. The molecule has 0 fully saturated rings. The molecule has 0 saturated heterocycles. The van der Waals surface area contributed by atoms with Crippen molar-refractivity contribution in [3.8, 4) is 28.7 Å². The summed E-state index contributed by atoms with van der Waals surface area (Å²) in [6.45, 7) is 2.00. The molecule has 1 aliphatic rings. The summed E-state index contributed by atoms with van der Waals surface area (Å²) in [6, 6.07) is 3.72. The molecule has 12 heteroatoms. The van der Waals surface area contributed by atoms with E-state index in [9.17, 15) is 4.79 Å². The number of aromatic nitrogens is 8. The molecule has 1 N–H and O–H groups in total. The first kappa shape index (κ1) is 20.8. The highest BCUT2D eigenvalue weighted by atomic mass is 16.5. The van der Waals surface area contributed by atoms with Crippen molar-refractivity contribution < 1.29 is 9.53 Å². The van der Waals surface area contributed by atoms with E-state index < -0.39 is 0 Å². The fourth-order valence-electron chi connectivity index (χ4n) is 4.17. The molecule has 0 radical (unpaired) electrons. The molecule has 176 valence electrons. The second kappa shape index (κ2) is 7.65. The van der Waals surface area contributed by atoms with Crippen molar-refractivity contribution in [2.24, 2.45) is 14.1 Å². The van der Waals surface area contributed by atoms with Gasteiger partial charge in [0, 0.05) is 57.6 Å². The smallest absolute Gasteiger partial charge is 0.264 e. The van der Waals surface area contributed by atoms with E-state index in [-0.39, 0.29) is 12.5 Å². The normalized spacial score (nSPS) is 13.3. The topological polar surface area (TPSA) is 120 Å². The zero-order valence-corrected chi connectivity index (χ0v) is 19.6. The summed E-state index contributed by atoms with van der Waals surface area (Å²) >= 11 is 0. The summed E-state index contributed by atoms with van der Waals surface area (Å²) < 4.78 is 11.0. The molecule has 5 aromatic heterocycles. The molecule has 1 aliphatic heterocycles. The molecule has 0 atom stereocenters. The highest BCUT2D eigenvalue weighted by molar-refractivity contribution is 5.97. The summed E-state index contributed by atoms with van der Waals surface area (Å²) in [4.78, 5) is 27.2. The molecule has 12 nitrogen and oxygen atoms in total. The van der Waals surface area contributed by atoms with Crippen LogP contribution in [-0.4, -0.2) is 58.5 Å². The molecular weight excluding hydrogens is 448 g/mol. The zero-order chi connectivity index (χ0) is 24.3. The number of fused-ring (bicyclic) bond motifs is 2. The van der Waals surface area contributed by atoms with Gasteiger partial charge < -0.3 is 19.5 Å². The van der Waals surface area contributed by atoms with Gasteiger partial charge in [0.15, 0.2) is 18.2 Å². The third kappa shape index (κ3) is 3.38. The van der Waals surface area contributed by atoms with Crippen LogP contribution in [0, 0.1) is 6.92 Å². The molecular formula is C23H22N10O2. The number of ether oxygens (including phenoxy) is 1. The van der Waals surface area contributed by atoms with Crippen molar-refractivity contribution in [1.82, 2.24) is 38.9 Å². The number of nitrogens with zero attached hydrogens (tertiary/aromatic N) is 9. The number of nitrogens with one attached hydrogen (secondary N) is 1. The van der Waals surface area contributed by atoms with Gasteiger partial charge in [-0.25, -0.2) is 19.5 Å². The monoisotopic (exact) mass is 470 g/mol. The Balaban J connectivity index is 1.50. The maximum atomic E-state index is 11.9. The van der Waals surface area contributed by atoms with Crippen molar-refractivity contribution in [2.75, 3.05) is 23.9 Å². The van der Waals surface area contributed by atoms with Crippen LogP contribution >= 0.6 is 0 Å². The van der Waals surface area contributed by atoms with Gasteiger partial charge in [-0.1, -0.05) is 0 Å². The fraction of sp³-hybridized carbons (Fsp3) is 0.217. The third-order valence-electron chi connectivity index (χ3n) is 6.07. The van der Waals surface area contributed by atoms with Crippen LogP contribution in [0.2, 0.25) is 0 Å². The van der Waals surface area contributed by atoms with E-state index in [4.69, 9.17) is 14.8 Å². The van der Waals surface area contributed by atoms with Crippen LogP contribution in [0.5, 0.6) is 5.75 Å². The summed E-state index contributed by atoms with van der Waals surface area (Å²) in [6.07, 6.45) is 9.00. The van der Waals surface area contributed by atoms with E-state index in [0.717, 1.165) is 22.3 Å². The van der Waals surface area contributed by atoms with Crippen LogP contribution in [0.4, 0.5) is 17.3 Å². The van der Waals surface area contributed by atoms with E-state index in [1.54, 1.807) is 34.7 Å². The number of hydrogen-bond acceptors (Lipinski definition) is 8. The van der Waals surface area contributed by atoms with Crippen molar-refractivity contribution in [1.29, 1.82) is 0 Å². The van der Waals surface area contributed by atoms with Gasteiger partial charge in [0.2, 0.25) is 5.82 Å². The number of imidazole rings is 1. The van der Waals surface area contributed by atoms with Crippen LogP contribution < -0.4 is 15.0 Å². The maximum Gasteiger partial charge on any atom is 0.264 e. The predicted molar refractivity (Wildman–Crippen MR) is 129 cm³/mol. The molecule has 0 spiro atoms. The lowest BCUT2D eigenvalue weighted by atomic mass is 10.1. The Bertz CT molecular complexity index is 1610. The minimum Gasteiger partial charge on any atom is -0.481 e. The minimum absolute atomic E-state index is 0.0146. The number of likely N-dealkylation sites (N-methyl/N-ethyl adjacent to an activating group) is 1. The van der Waals surface area contributed by atoms with Crippen molar-refractivity contribution >= 4 is 28.7 Å². The number of hydrogen-bond donors (Lipinski definition) is 1. The molecule has 1 amide bonds. The SMILES string of the molecule is Cc1c(-c2ccn(C)n2)cn2nc(-c3nccn3C)nc(Nc3cc4c(cn3)N(C)C(=O)CO4)c12. The number of rotatable bonds is 4. The Morgan fingerprint density at radius 1 is 1.11 bits per heavy atom. The Labute approximate surface area is 199 Å². The quantitative estimate of drug-likeness (QED) is 0.425. The minimum atomic E-state index is -0.122. The fourth-order valence-corrected chi connectivity index (χ4v) is 4.17. The number of carbonyl (C=O) groups excluding carboxylic acids is 1. The lowest BCUT2D eigenvalue weighted by molar-refractivity contribution is -0.121. The molecule has 6 heterocycles. The van der Waals surface area contributed by atoms with Gasteiger partial charge in [0.1, 0.15) is 22.8 Å². The second-order valence-electron chi connectivity index (χ2n) is 8.39. The molecule has 6 rings (SSSR count). The van der Waals surface area contributed by atoms with Crippen LogP contribution in [-0.2, 0) is 18.9 Å². The highest BCUT2D eigenvalue weighted by Gasteiger charge is 2.24. The number of pyridine rings is 1. The van der Waals surface area contributed by atoms with Crippen LogP contribution in [0.1, 0.15) is 5.56 Å². The molecule has 5 aromatic rings. The third-order valence-corrected chi connectivity index (χ3v) is 6.07. The molecule has 0 unspecified atom stereocenters. The summed E-state index contributed by atoms with van der Waals surface area (Å²) in [5.41, 5.74) is 4.16. The van der Waals surface area contributed by atoms with Crippen molar-refractivity contribution in [3.05, 3.63) is 48.7 Å². The number of amides is 1. The Morgan fingerprint density at radius 3 is 2.71 bits per heavy atom. The van der Waals surface area contributed by atoms with E-state index in [2.05, 4.69) is 20.4 Å². The van der Waals surface area contributed by atoms with Crippen molar-refractivity contribution in [2.45, 2.75) is 6.92 Å². The standard InChI is InChI=1S/C23H22N10O2/c1-13-14(15-5-7-31(3)28-15)11-33-20(13)21(27-22(29-33)23-24-6-8-30(23)2)26-18-9-17-16(10-25-18)32(4)19(34)12-35-17/h5-11H,12H2,1-4H3,(H,25,26,27,29). The van der Waals surface area contributed by atoms with E-state index >= 15 is 0 Å². The first-order chi connectivity index (χ1) is 16.9. The summed E-state index contributed by atoms with van der Waals surface area (Å²) in [7, 11) is 5.48. The summed E-state index contributed by atoms with van der Waals surface area (Å²) in [5.74, 6) is 2.61. The van der Waals surface area contributed by atoms with Gasteiger partial charge >= 0.3 is 0 Å². The first-order valence-electron chi connectivity index (χ1n) is 10.9. The number of aryl methyl sites for hydroxylation is 3. The highest BCUT2D eigenvalue weighted by Crippen LogP contribution is 2.35. The summed E-state index contributed by atoms with van der Waals surface area (Å²) in [5, 5.41) is 12.6. The number of anilines is 3. The first-order valence-corrected chi connectivity index (χ1v) is 10.9. The lowest BCUT2D eigenvalue weighted by Crippen LogP contribution is -2.35. The Kier molecular flexibility index (Phi) is 4.56. The lowest BCUT2D eigenvalue weighted by Gasteiger charge is -2.25. The average Bonchev–Trinajstić information content (AvgIpc) is 3.55. The predicted octanol–water partition coefficient (Wildman–Crippen LogP) is 2.33. The van der Waals surface area contributed by atoms with Crippen LogP contribution in [0.3, 0.4) is 0 Å². The van der Waals surface area contributed by atoms with E-state index in [1.165, 1.54) is 4.90 Å². The van der Waals surface area contributed by atoms with Gasteiger partial charge in [0.25, 0.3) is 5.91 Å².